The number of halogens is 1. The second-order valence-electron chi connectivity index (χ2n) is 9.92. The van der Waals surface area contributed by atoms with Gasteiger partial charge in [-0.2, -0.15) is 0 Å². The van der Waals surface area contributed by atoms with Crippen LogP contribution in [-0.4, -0.2) is 85.3 Å². The third-order valence-corrected chi connectivity index (χ3v) is 7.22. The molecular weight excluding hydrogens is 513 g/mol. The molecule has 1 unspecified atom stereocenters. The quantitative estimate of drug-likeness (QED) is 0.376. The summed E-state index contributed by atoms with van der Waals surface area (Å²) in [7, 11) is 3.18. The van der Waals surface area contributed by atoms with Crippen LogP contribution in [0.25, 0.3) is 11.3 Å². The fourth-order valence-electron chi connectivity index (χ4n) is 4.59. The maximum absolute atomic E-state index is 13.4. The van der Waals surface area contributed by atoms with E-state index in [4.69, 9.17) is 9.47 Å². The zero-order valence-electron chi connectivity index (χ0n) is 23.5. The minimum absolute atomic E-state index is 0.0135. The van der Waals surface area contributed by atoms with Crippen LogP contribution in [0.4, 0.5) is 10.2 Å². The molecule has 1 aromatic heterocycles. The molecule has 1 aliphatic rings. The van der Waals surface area contributed by atoms with Crippen LogP contribution in [-0.2, 0) is 4.79 Å². The van der Waals surface area contributed by atoms with E-state index in [0.29, 0.717) is 55.5 Å². The van der Waals surface area contributed by atoms with Crippen LogP contribution in [0, 0.1) is 11.7 Å². The van der Waals surface area contributed by atoms with Gasteiger partial charge in [-0.3, -0.25) is 9.59 Å². The molecule has 40 heavy (non-hydrogen) atoms. The second kappa shape index (κ2) is 13.2. The Morgan fingerprint density at radius 1 is 0.950 bits per heavy atom. The molecule has 0 N–H and O–H groups in total. The second-order valence-corrected chi connectivity index (χ2v) is 9.92. The summed E-state index contributed by atoms with van der Waals surface area (Å²) in [5.41, 5.74) is 1.95. The molecule has 0 saturated carbocycles. The monoisotopic (exact) mass is 549 g/mol. The first-order chi connectivity index (χ1) is 19.3. The molecule has 10 heteroatoms. The summed E-state index contributed by atoms with van der Waals surface area (Å²) in [6.07, 6.45) is 0.881. The van der Waals surface area contributed by atoms with Gasteiger partial charge in [0.25, 0.3) is 5.91 Å². The van der Waals surface area contributed by atoms with Crippen LogP contribution >= 0.6 is 0 Å². The maximum Gasteiger partial charge on any atom is 0.254 e. The predicted molar refractivity (Wildman–Crippen MR) is 151 cm³/mol. The first-order valence-corrected chi connectivity index (χ1v) is 13.5. The van der Waals surface area contributed by atoms with E-state index in [0.717, 1.165) is 17.8 Å². The van der Waals surface area contributed by atoms with Crippen molar-refractivity contribution in [2.45, 2.75) is 20.3 Å². The molecule has 1 aliphatic heterocycles. The fraction of sp³-hybridized carbons (Fsp3) is 0.400. The SMILES string of the molecule is CCC(C)CN(CC(=O)N1CCN(c2ccc(-c3ccc(OC)c(OC)c3)nn2)CC1)C(=O)c1ccc(F)cc1. The topological polar surface area (TPSA) is 88.1 Å². The first kappa shape index (κ1) is 28.8. The molecule has 0 bridgehead atoms. The van der Waals surface area contributed by atoms with E-state index < -0.39 is 5.82 Å². The highest BCUT2D eigenvalue weighted by molar-refractivity contribution is 5.96. The number of piperazine rings is 1. The lowest BCUT2D eigenvalue weighted by molar-refractivity contribution is -0.132. The van der Waals surface area contributed by atoms with Crippen LogP contribution in [0.3, 0.4) is 0 Å². The largest absolute Gasteiger partial charge is 0.493 e. The summed E-state index contributed by atoms with van der Waals surface area (Å²) in [5.74, 6) is 1.46. The number of ether oxygens (including phenoxy) is 2. The molecule has 1 saturated heterocycles. The van der Waals surface area contributed by atoms with Gasteiger partial charge in [-0.15, -0.1) is 10.2 Å². The maximum atomic E-state index is 13.4. The number of hydrogen-bond acceptors (Lipinski definition) is 7. The number of hydrogen-bond donors (Lipinski definition) is 0. The van der Waals surface area contributed by atoms with Gasteiger partial charge in [0, 0.05) is 43.9 Å². The van der Waals surface area contributed by atoms with Gasteiger partial charge in [0.1, 0.15) is 12.4 Å². The molecule has 3 aromatic rings. The van der Waals surface area contributed by atoms with Gasteiger partial charge in [-0.1, -0.05) is 20.3 Å². The van der Waals surface area contributed by atoms with Crippen molar-refractivity contribution in [3.8, 4) is 22.8 Å². The Morgan fingerprint density at radius 3 is 2.25 bits per heavy atom. The standard InChI is InChI=1S/C30H36FN5O4/c1-5-21(2)19-36(30(38)22-6-9-24(31)10-7-22)20-29(37)35-16-14-34(15-17-35)28-13-11-25(32-33-28)23-8-12-26(39-3)27(18-23)40-4/h6-13,18,21H,5,14-17,19-20H2,1-4H3. The van der Waals surface area contributed by atoms with Crippen molar-refractivity contribution < 1.29 is 23.5 Å². The molecule has 9 nitrogen and oxygen atoms in total. The lowest BCUT2D eigenvalue weighted by Gasteiger charge is -2.36. The van der Waals surface area contributed by atoms with Gasteiger partial charge in [0.15, 0.2) is 17.3 Å². The van der Waals surface area contributed by atoms with E-state index in [1.165, 1.54) is 24.3 Å². The number of carbonyl (C=O) groups excluding carboxylic acids is 2. The molecule has 2 heterocycles. The summed E-state index contributed by atoms with van der Waals surface area (Å²) in [6, 6.07) is 14.9. The first-order valence-electron chi connectivity index (χ1n) is 13.5. The molecule has 1 atom stereocenters. The van der Waals surface area contributed by atoms with Crippen molar-refractivity contribution in [1.82, 2.24) is 20.0 Å². The zero-order chi connectivity index (χ0) is 28.6. The Kier molecular flexibility index (Phi) is 9.52. The van der Waals surface area contributed by atoms with Gasteiger partial charge in [0.05, 0.1) is 19.9 Å². The van der Waals surface area contributed by atoms with Crippen molar-refractivity contribution in [2.24, 2.45) is 5.92 Å². The van der Waals surface area contributed by atoms with E-state index >= 15 is 0 Å². The Morgan fingerprint density at radius 2 is 1.65 bits per heavy atom. The van der Waals surface area contributed by atoms with E-state index in [9.17, 15) is 14.0 Å². The van der Waals surface area contributed by atoms with Crippen molar-refractivity contribution in [1.29, 1.82) is 0 Å². The van der Waals surface area contributed by atoms with Crippen molar-refractivity contribution in [3.63, 3.8) is 0 Å². The van der Waals surface area contributed by atoms with Gasteiger partial charge >= 0.3 is 0 Å². The Bertz CT molecular complexity index is 1290. The predicted octanol–water partition coefficient (Wildman–Crippen LogP) is 4.14. The van der Waals surface area contributed by atoms with Crippen molar-refractivity contribution in [3.05, 3.63) is 66.0 Å². The van der Waals surface area contributed by atoms with Crippen molar-refractivity contribution >= 4 is 17.6 Å². The van der Waals surface area contributed by atoms with Gasteiger partial charge in [-0.05, 0) is 60.5 Å². The Balaban J connectivity index is 1.36. The number of rotatable bonds is 10. The summed E-state index contributed by atoms with van der Waals surface area (Å²) < 4.78 is 24.1. The average molecular weight is 550 g/mol. The number of carbonyl (C=O) groups is 2. The number of nitrogens with zero attached hydrogens (tertiary/aromatic N) is 5. The van der Waals surface area contributed by atoms with Gasteiger partial charge in [-0.25, -0.2) is 4.39 Å². The Hall–Kier alpha value is -4.21. The van der Waals surface area contributed by atoms with Crippen molar-refractivity contribution in [2.75, 3.05) is 58.4 Å². The number of aromatic nitrogens is 2. The third kappa shape index (κ3) is 6.86. The molecule has 0 radical (unpaired) electrons. The smallest absolute Gasteiger partial charge is 0.254 e. The molecule has 1 fully saturated rings. The summed E-state index contributed by atoms with van der Waals surface area (Å²) >= 11 is 0. The normalized spacial score (nSPS) is 14.0. The van der Waals surface area contributed by atoms with E-state index in [1.807, 2.05) is 37.3 Å². The fourth-order valence-corrected chi connectivity index (χ4v) is 4.59. The third-order valence-electron chi connectivity index (χ3n) is 7.22. The van der Waals surface area contributed by atoms with Crippen LogP contribution in [0.1, 0.15) is 30.6 Å². The molecule has 0 aliphatic carbocycles. The van der Waals surface area contributed by atoms with E-state index in [1.54, 1.807) is 24.0 Å². The minimum atomic E-state index is -0.403. The summed E-state index contributed by atoms with van der Waals surface area (Å²) in [6.45, 7) is 6.78. The highest BCUT2D eigenvalue weighted by Crippen LogP contribution is 2.31. The minimum Gasteiger partial charge on any atom is -0.493 e. The highest BCUT2D eigenvalue weighted by atomic mass is 19.1. The number of anilines is 1. The molecule has 0 spiro atoms. The molecule has 4 rings (SSSR count). The summed E-state index contributed by atoms with van der Waals surface area (Å²) in [4.78, 5) is 31.8. The van der Waals surface area contributed by atoms with Crippen LogP contribution in [0.5, 0.6) is 11.5 Å². The van der Waals surface area contributed by atoms with Gasteiger partial charge in [0.2, 0.25) is 5.91 Å². The molecule has 2 amide bonds. The number of amides is 2. The lowest BCUT2D eigenvalue weighted by atomic mass is 10.1. The highest BCUT2D eigenvalue weighted by Gasteiger charge is 2.27. The van der Waals surface area contributed by atoms with E-state index in [-0.39, 0.29) is 24.3 Å². The van der Waals surface area contributed by atoms with E-state index in [2.05, 4.69) is 22.0 Å². The number of methoxy groups -OCH3 is 2. The zero-order valence-corrected chi connectivity index (χ0v) is 23.5. The average Bonchev–Trinajstić information content (AvgIpc) is 3.00. The Labute approximate surface area is 234 Å². The van der Waals surface area contributed by atoms with Crippen LogP contribution in [0.15, 0.2) is 54.6 Å². The van der Waals surface area contributed by atoms with Crippen LogP contribution in [0.2, 0.25) is 0 Å². The summed E-state index contributed by atoms with van der Waals surface area (Å²) in [5, 5.41) is 8.82. The molecular formula is C30H36FN5O4. The van der Waals surface area contributed by atoms with Crippen LogP contribution < -0.4 is 14.4 Å². The lowest BCUT2D eigenvalue weighted by Crippen LogP contribution is -2.52. The molecule has 2 aromatic carbocycles. The molecule has 212 valence electrons. The van der Waals surface area contributed by atoms with Gasteiger partial charge < -0.3 is 24.2 Å². The number of benzene rings is 2.